The van der Waals surface area contributed by atoms with Gasteiger partial charge in [0.2, 0.25) is 0 Å². The van der Waals surface area contributed by atoms with E-state index in [1.54, 1.807) is 24.1 Å². The van der Waals surface area contributed by atoms with Gasteiger partial charge in [0.15, 0.2) is 0 Å². The first-order valence-corrected chi connectivity index (χ1v) is 9.99. The summed E-state index contributed by atoms with van der Waals surface area (Å²) in [5.41, 5.74) is 7.93. The molecule has 7 heteroatoms. The predicted molar refractivity (Wildman–Crippen MR) is 109 cm³/mol. The van der Waals surface area contributed by atoms with E-state index in [2.05, 4.69) is 10.9 Å². The van der Waals surface area contributed by atoms with Gasteiger partial charge in [-0.2, -0.15) is 0 Å². The van der Waals surface area contributed by atoms with Crippen LogP contribution in [-0.4, -0.2) is 30.4 Å². The van der Waals surface area contributed by atoms with E-state index in [0.29, 0.717) is 15.7 Å². The molecule has 0 spiro atoms. The summed E-state index contributed by atoms with van der Waals surface area (Å²) in [4.78, 5) is 14.2. The van der Waals surface area contributed by atoms with E-state index in [0.717, 1.165) is 24.8 Å². The van der Waals surface area contributed by atoms with Gasteiger partial charge in [-0.05, 0) is 77.7 Å². The molecule has 0 aliphatic carbocycles. The highest BCUT2D eigenvalue weighted by Crippen LogP contribution is 2.24. The average Bonchev–Trinajstić information content (AvgIpc) is 3.10. The lowest BCUT2D eigenvalue weighted by atomic mass is 9.99. The molecule has 27 heavy (non-hydrogen) atoms. The van der Waals surface area contributed by atoms with Crippen LogP contribution < -0.4 is 10.9 Å². The van der Waals surface area contributed by atoms with E-state index in [4.69, 9.17) is 0 Å². The molecule has 1 saturated heterocycles. The Labute approximate surface area is 171 Å². The minimum atomic E-state index is -0.341. The number of carbonyl (C=O) groups excluding carboxylic acids is 1. The maximum atomic E-state index is 13.4. The maximum Gasteiger partial charge on any atom is 0.254 e. The molecular formula is C20H22F2IN3O. The molecule has 2 aromatic carbocycles. The lowest BCUT2D eigenvalue weighted by Crippen LogP contribution is -2.32. The van der Waals surface area contributed by atoms with Crippen molar-refractivity contribution in [2.24, 2.45) is 0 Å². The zero-order valence-corrected chi connectivity index (χ0v) is 17.2. The minimum Gasteiger partial charge on any atom is -0.342 e. The SMILES string of the molecule is CN(CCCC1CC(c2cccc(F)c2)NN1)C(=O)c1ccc(F)cc1I. The topological polar surface area (TPSA) is 44.4 Å². The summed E-state index contributed by atoms with van der Waals surface area (Å²) in [5, 5.41) is 0. The Balaban J connectivity index is 1.46. The highest BCUT2D eigenvalue weighted by atomic mass is 127. The molecule has 2 aromatic rings. The zero-order valence-electron chi connectivity index (χ0n) is 15.0. The number of hydrogen-bond acceptors (Lipinski definition) is 3. The number of halogens is 3. The lowest BCUT2D eigenvalue weighted by Gasteiger charge is -2.19. The van der Waals surface area contributed by atoms with Gasteiger partial charge < -0.3 is 4.90 Å². The Morgan fingerprint density at radius 1 is 1.19 bits per heavy atom. The Hall–Kier alpha value is -1.58. The molecule has 144 valence electrons. The third-order valence-electron chi connectivity index (χ3n) is 4.79. The molecule has 3 rings (SSSR count). The van der Waals surface area contributed by atoms with E-state index < -0.39 is 0 Å². The van der Waals surface area contributed by atoms with Crippen LogP contribution in [0.2, 0.25) is 0 Å². The van der Waals surface area contributed by atoms with Crippen LogP contribution in [0.5, 0.6) is 0 Å². The number of hydrazine groups is 1. The van der Waals surface area contributed by atoms with Crippen molar-refractivity contribution >= 4 is 28.5 Å². The number of carbonyl (C=O) groups is 1. The van der Waals surface area contributed by atoms with Crippen LogP contribution >= 0.6 is 22.6 Å². The summed E-state index contributed by atoms with van der Waals surface area (Å²) in [6.45, 7) is 0.620. The smallest absolute Gasteiger partial charge is 0.254 e. The summed E-state index contributed by atoms with van der Waals surface area (Å²) >= 11 is 1.98. The van der Waals surface area contributed by atoms with Crippen molar-refractivity contribution in [1.82, 2.24) is 15.8 Å². The van der Waals surface area contributed by atoms with Crippen molar-refractivity contribution in [3.05, 3.63) is 68.8 Å². The number of rotatable bonds is 6. The van der Waals surface area contributed by atoms with Gasteiger partial charge in [0.1, 0.15) is 11.6 Å². The molecular weight excluding hydrogens is 463 g/mol. The van der Waals surface area contributed by atoms with Gasteiger partial charge in [-0.25, -0.2) is 8.78 Å². The molecule has 1 aliphatic heterocycles. The van der Waals surface area contributed by atoms with Crippen LogP contribution in [0.1, 0.15) is 41.2 Å². The minimum absolute atomic E-state index is 0.0888. The first kappa shape index (κ1) is 20.2. The van der Waals surface area contributed by atoms with Crippen LogP contribution in [0.15, 0.2) is 42.5 Å². The van der Waals surface area contributed by atoms with E-state index in [1.807, 2.05) is 28.7 Å². The molecule has 2 atom stereocenters. The molecule has 2 N–H and O–H groups in total. The second kappa shape index (κ2) is 9.07. The van der Waals surface area contributed by atoms with Crippen LogP contribution in [0, 0.1) is 15.2 Å². The fourth-order valence-corrected chi connectivity index (χ4v) is 4.01. The second-order valence-electron chi connectivity index (χ2n) is 6.82. The van der Waals surface area contributed by atoms with Crippen molar-refractivity contribution in [3.63, 3.8) is 0 Å². The van der Waals surface area contributed by atoms with Gasteiger partial charge in [-0.1, -0.05) is 12.1 Å². The molecule has 0 aromatic heterocycles. The van der Waals surface area contributed by atoms with Gasteiger partial charge >= 0.3 is 0 Å². The highest BCUT2D eigenvalue weighted by Gasteiger charge is 2.25. The largest absolute Gasteiger partial charge is 0.342 e. The van der Waals surface area contributed by atoms with Gasteiger partial charge in [0.25, 0.3) is 5.91 Å². The number of benzene rings is 2. The molecule has 1 heterocycles. The monoisotopic (exact) mass is 485 g/mol. The summed E-state index contributed by atoms with van der Waals surface area (Å²) in [5.74, 6) is -0.672. The molecule has 1 aliphatic rings. The second-order valence-corrected chi connectivity index (χ2v) is 7.98. The quantitative estimate of drug-likeness (QED) is 0.608. The first-order valence-electron chi connectivity index (χ1n) is 8.91. The Morgan fingerprint density at radius 2 is 1.96 bits per heavy atom. The van der Waals surface area contributed by atoms with Crippen molar-refractivity contribution in [2.75, 3.05) is 13.6 Å². The molecule has 0 radical (unpaired) electrons. The average molecular weight is 485 g/mol. The predicted octanol–water partition coefficient (Wildman–Crippen LogP) is 4.03. The van der Waals surface area contributed by atoms with Crippen molar-refractivity contribution < 1.29 is 13.6 Å². The first-order chi connectivity index (χ1) is 12.9. The molecule has 2 unspecified atom stereocenters. The third-order valence-corrected chi connectivity index (χ3v) is 5.68. The number of nitrogens with zero attached hydrogens (tertiary/aromatic N) is 1. The summed E-state index contributed by atoms with van der Waals surface area (Å²) in [7, 11) is 1.76. The molecule has 0 saturated carbocycles. The van der Waals surface area contributed by atoms with E-state index in [1.165, 1.54) is 24.3 Å². The van der Waals surface area contributed by atoms with Crippen LogP contribution in [0.25, 0.3) is 0 Å². The summed E-state index contributed by atoms with van der Waals surface area (Å²) in [6, 6.07) is 11.2. The van der Waals surface area contributed by atoms with Crippen molar-refractivity contribution in [1.29, 1.82) is 0 Å². The lowest BCUT2D eigenvalue weighted by molar-refractivity contribution is 0.0790. The van der Waals surface area contributed by atoms with Crippen molar-refractivity contribution in [3.8, 4) is 0 Å². The molecule has 4 nitrogen and oxygen atoms in total. The third kappa shape index (κ3) is 5.24. The fraction of sp³-hybridized carbons (Fsp3) is 0.350. The molecule has 0 bridgehead atoms. The van der Waals surface area contributed by atoms with Crippen LogP contribution in [0.4, 0.5) is 8.78 Å². The number of hydrogen-bond donors (Lipinski definition) is 2. The zero-order chi connectivity index (χ0) is 19.4. The van der Waals surface area contributed by atoms with E-state index in [-0.39, 0.29) is 29.6 Å². The van der Waals surface area contributed by atoms with E-state index >= 15 is 0 Å². The Kier molecular flexibility index (Phi) is 6.78. The van der Waals surface area contributed by atoms with Crippen LogP contribution in [-0.2, 0) is 0 Å². The highest BCUT2D eigenvalue weighted by molar-refractivity contribution is 14.1. The number of nitrogens with one attached hydrogen (secondary N) is 2. The number of amides is 1. The maximum absolute atomic E-state index is 13.4. The molecule has 1 fully saturated rings. The van der Waals surface area contributed by atoms with E-state index in [9.17, 15) is 13.6 Å². The van der Waals surface area contributed by atoms with Gasteiger partial charge in [0.05, 0.1) is 5.56 Å². The van der Waals surface area contributed by atoms with Gasteiger partial charge in [0, 0.05) is 29.2 Å². The fourth-order valence-electron chi connectivity index (χ4n) is 3.30. The summed E-state index contributed by atoms with van der Waals surface area (Å²) in [6.07, 6.45) is 2.61. The Bertz CT molecular complexity index is 818. The van der Waals surface area contributed by atoms with Gasteiger partial charge in [-0.15, -0.1) is 0 Å². The standard InChI is InChI=1S/C20H22F2IN3O/c1-26(20(27)17-8-7-15(22)11-18(17)23)9-3-6-16-12-19(25-24-16)13-4-2-5-14(21)10-13/h2,4-5,7-8,10-11,16,19,24-25H,3,6,9,12H2,1H3. The summed E-state index contributed by atoms with van der Waals surface area (Å²) < 4.78 is 27.2. The van der Waals surface area contributed by atoms with Crippen LogP contribution in [0.3, 0.4) is 0 Å². The van der Waals surface area contributed by atoms with Crippen molar-refractivity contribution in [2.45, 2.75) is 31.3 Å². The van der Waals surface area contributed by atoms with Gasteiger partial charge in [-0.3, -0.25) is 15.6 Å². The Morgan fingerprint density at radius 3 is 2.70 bits per heavy atom. The molecule has 1 amide bonds. The normalized spacial score (nSPS) is 19.3.